The molecule has 0 atom stereocenters. The topological polar surface area (TPSA) is 81.4 Å². The van der Waals surface area contributed by atoms with Crippen molar-refractivity contribution < 1.29 is 13.2 Å². The standard InChI is InChI=1S/C14H20N2O3S2/c1-10-9-11(3-4-12(10)13(15)20)21(17,18)16-14(2)5-7-19-8-6-14/h3-4,9,16H,5-8H2,1-2H3,(H2,15,20). The lowest BCUT2D eigenvalue weighted by molar-refractivity contribution is 0.0537. The maximum atomic E-state index is 12.5. The van der Waals surface area contributed by atoms with Gasteiger partial charge in [0.15, 0.2) is 0 Å². The number of rotatable bonds is 4. The zero-order valence-corrected chi connectivity index (χ0v) is 13.8. The Morgan fingerprint density at radius 3 is 2.52 bits per heavy atom. The number of sulfonamides is 1. The number of thiocarbonyl (C=S) groups is 1. The van der Waals surface area contributed by atoms with E-state index in [1.807, 2.05) is 6.92 Å². The first-order valence-corrected chi connectivity index (χ1v) is 8.65. The van der Waals surface area contributed by atoms with E-state index < -0.39 is 15.6 Å². The second-order valence-electron chi connectivity index (χ2n) is 5.62. The molecule has 5 nitrogen and oxygen atoms in total. The smallest absolute Gasteiger partial charge is 0.241 e. The molecule has 1 saturated heterocycles. The molecule has 1 aromatic carbocycles. The monoisotopic (exact) mass is 328 g/mol. The minimum atomic E-state index is -3.57. The number of nitrogens with one attached hydrogen (secondary N) is 1. The Hall–Kier alpha value is -1.02. The minimum absolute atomic E-state index is 0.229. The average Bonchev–Trinajstić information content (AvgIpc) is 2.37. The van der Waals surface area contributed by atoms with Crippen molar-refractivity contribution in [2.24, 2.45) is 5.73 Å². The summed E-state index contributed by atoms with van der Waals surface area (Å²) in [4.78, 5) is 0.494. The molecule has 21 heavy (non-hydrogen) atoms. The summed E-state index contributed by atoms with van der Waals surface area (Å²) in [6.07, 6.45) is 1.33. The van der Waals surface area contributed by atoms with E-state index in [4.69, 9.17) is 22.7 Å². The Kier molecular flexibility index (Phi) is 4.67. The maximum Gasteiger partial charge on any atom is 0.241 e. The van der Waals surface area contributed by atoms with Gasteiger partial charge in [0.1, 0.15) is 4.99 Å². The lowest BCUT2D eigenvalue weighted by Crippen LogP contribution is -2.49. The van der Waals surface area contributed by atoms with Crippen LogP contribution in [-0.4, -0.2) is 32.2 Å². The average molecular weight is 328 g/mol. The molecule has 2 rings (SSSR count). The van der Waals surface area contributed by atoms with Gasteiger partial charge in [-0.2, -0.15) is 0 Å². The molecule has 1 aliphatic rings. The zero-order chi connectivity index (χ0) is 15.7. The van der Waals surface area contributed by atoms with E-state index >= 15 is 0 Å². The van der Waals surface area contributed by atoms with Gasteiger partial charge in [-0.25, -0.2) is 13.1 Å². The summed E-state index contributed by atoms with van der Waals surface area (Å²) < 4.78 is 33.1. The van der Waals surface area contributed by atoms with E-state index in [2.05, 4.69) is 4.72 Å². The van der Waals surface area contributed by atoms with Gasteiger partial charge in [-0.1, -0.05) is 18.3 Å². The lowest BCUT2D eigenvalue weighted by atomic mass is 9.94. The van der Waals surface area contributed by atoms with Gasteiger partial charge in [0, 0.05) is 24.3 Å². The molecule has 1 fully saturated rings. The quantitative estimate of drug-likeness (QED) is 0.818. The lowest BCUT2D eigenvalue weighted by Gasteiger charge is -2.34. The zero-order valence-electron chi connectivity index (χ0n) is 12.2. The van der Waals surface area contributed by atoms with Crippen LogP contribution < -0.4 is 10.5 Å². The highest BCUT2D eigenvalue weighted by Gasteiger charge is 2.32. The molecule has 0 radical (unpaired) electrons. The van der Waals surface area contributed by atoms with E-state index in [0.717, 1.165) is 5.56 Å². The molecule has 0 bridgehead atoms. The van der Waals surface area contributed by atoms with Gasteiger partial charge in [0.05, 0.1) is 4.90 Å². The molecule has 0 aliphatic carbocycles. The molecule has 1 heterocycles. The molecule has 0 aromatic heterocycles. The number of aryl methyl sites for hydroxylation is 1. The van der Waals surface area contributed by atoms with E-state index in [0.29, 0.717) is 31.6 Å². The second-order valence-corrected chi connectivity index (χ2v) is 7.74. The van der Waals surface area contributed by atoms with Crippen molar-refractivity contribution in [1.82, 2.24) is 4.72 Å². The van der Waals surface area contributed by atoms with Crippen LogP contribution in [0, 0.1) is 6.92 Å². The third kappa shape index (κ3) is 3.79. The summed E-state index contributed by atoms with van der Waals surface area (Å²) in [5.74, 6) is 0. The minimum Gasteiger partial charge on any atom is -0.389 e. The van der Waals surface area contributed by atoms with Crippen molar-refractivity contribution in [2.45, 2.75) is 37.1 Å². The fourth-order valence-corrected chi connectivity index (χ4v) is 4.17. The molecular formula is C14H20N2O3S2. The van der Waals surface area contributed by atoms with Gasteiger partial charge in [-0.15, -0.1) is 0 Å². The van der Waals surface area contributed by atoms with Gasteiger partial charge in [0.2, 0.25) is 10.0 Å². The Balaban J connectivity index is 2.27. The molecule has 0 spiro atoms. The van der Waals surface area contributed by atoms with Crippen LogP contribution in [0.1, 0.15) is 30.9 Å². The number of hydrogen-bond donors (Lipinski definition) is 2. The Bertz CT molecular complexity index is 650. The molecular weight excluding hydrogens is 308 g/mol. The van der Waals surface area contributed by atoms with Crippen molar-refractivity contribution in [3.05, 3.63) is 29.3 Å². The van der Waals surface area contributed by atoms with Crippen LogP contribution in [0.25, 0.3) is 0 Å². The number of ether oxygens (including phenoxy) is 1. The largest absolute Gasteiger partial charge is 0.389 e. The van der Waals surface area contributed by atoms with Gasteiger partial charge >= 0.3 is 0 Å². The molecule has 0 saturated carbocycles. The summed E-state index contributed by atoms with van der Waals surface area (Å²) in [6.45, 7) is 4.84. The fourth-order valence-electron chi connectivity index (χ4n) is 2.39. The van der Waals surface area contributed by atoms with Gasteiger partial charge in [-0.05, 0) is 44.4 Å². The highest BCUT2D eigenvalue weighted by molar-refractivity contribution is 7.89. The van der Waals surface area contributed by atoms with Crippen LogP contribution in [0.4, 0.5) is 0 Å². The highest BCUT2D eigenvalue weighted by atomic mass is 32.2. The number of hydrogen-bond acceptors (Lipinski definition) is 4. The van der Waals surface area contributed by atoms with Crippen LogP contribution in [0.15, 0.2) is 23.1 Å². The van der Waals surface area contributed by atoms with E-state index in [1.54, 1.807) is 19.1 Å². The Labute approximate surface area is 130 Å². The first-order chi connectivity index (χ1) is 9.73. The summed E-state index contributed by atoms with van der Waals surface area (Å²) >= 11 is 4.93. The van der Waals surface area contributed by atoms with Crippen LogP contribution in [0.2, 0.25) is 0 Å². The molecule has 116 valence electrons. The SMILES string of the molecule is Cc1cc(S(=O)(=O)NC2(C)CCOCC2)ccc1C(N)=S. The van der Waals surface area contributed by atoms with Crippen molar-refractivity contribution in [2.75, 3.05) is 13.2 Å². The summed E-state index contributed by atoms with van der Waals surface area (Å²) in [7, 11) is -3.57. The normalized spacial score (nSPS) is 18.4. The van der Waals surface area contributed by atoms with Crippen LogP contribution >= 0.6 is 12.2 Å². The fraction of sp³-hybridized carbons (Fsp3) is 0.500. The third-order valence-electron chi connectivity index (χ3n) is 3.75. The van der Waals surface area contributed by atoms with Gasteiger partial charge < -0.3 is 10.5 Å². The number of benzene rings is 1. The second kappa shape index (κ2) is 6.00. The third-order valence-corrected chi connectivity index (χ3v) is 5.61. The molecule has 3 N–H and O–H groups in total. The van der Waals surface area contributed by atoms with Crippen molar-refractivity contribution in [1.29, 1.82) is 0 Å². The van der Waals surface area contributed by atoms with Crippen LogP contribution in [0.5, 0.6) is 0 Å². The van der Waals surface area contributed by atoms with E-state index in [1.165, 1.54) is 6.07 Å². The van der Waals surface area contributed by atoms with Crippen molar-refractivity contribution in [3.63, 3.8) is 0 Å². The van der Waals surface area contributed by atoms with Crippen molar-refractivity contribution >= 4 is 27.2 Å². The Morgan fingerprint density at radius 2 is 2.00 bits per heavy atom. The molecule has 0 amide bonds. The summed E-state index contributed by atoms with van der Waals surface area (Å²) in [5, 5.41) is 0. The van der Waals surface area contributed by atoms with Crippen LogP contribution in [-0.2, 0) is 14.8 Å². The summed E-state index contributed by atoms with van der Waals surface area (Å²) in [6, 6.07) is 4.78. The molecule has 1 aromatic rings. The first-order valence-electron chi connectivity index (χ1n) is 6.76. The number of nitrogens with two attached hydrogens (primary N) is 1. The van der Waals surface area contributed by atoms with Crippen LogP contribution in [0.3, 0.4) is 0 Å². The molecule has 1 aliphatic heterocycles. The first kappa shape index (κ1) is 16.4. The predicted molar refractivity (Wildman–Crippen MR) is 85.8 cm³/mol. The molecule has 7 heteroatoms. The Morgan fingerprint density at radius 1 is 1.38 bits per heavy atom. The van der Waals surface area contributed by atoms with Gasteiger partial charge in [0.25, 0.3) is 0 Å². The summed E-state index contributed by atoms with van der Waals surface area (Å²) in [5.41, 5.74) is 6.58. The van der Waals surface area contributed by atoms with E-state index in [9.17, 15) is 8.42 Å². The highest BCUT2D eigenvalue weighted by Crippen LogP contribution is 2.24. The van der Waals surface area contributed by atoms with E-state index in [-0.39, 0.29) is 9.88 Å². The van der Waals surface area contributed by atoms with Gasteiger partial charge in [-0.3, -0.25) is 0 Å². The predicted octanol–water partition coefficient (Wildman–Crippen LogP) is 1.48. The molecule has 0 unspecified atom stereocenters. The maximum absolute atomic E-state index is 12.5. The van der Waals surface area contributed by atoms with Crippen molar-refractivity contribution in [3.8, 4) is 0 Å².